The molecule has 0 saturated carbocycles. The minimum atomic E-state index is -3.57. The van der Waals surface area contributed by atoms with Crippen molar-refractivity contribution >= 4 is 21.6 Å². The van der Waals surface area contributed by atoms with Gasteiger partial charge >= 0.3 is 0 Å². The van der Waals surface area contributed by atoms with Crippen molar-refractivity contribution in [3.8, 4) is 0 Å². The molecule has 1 saturated heterocycles. The molecule has 1 heterocycles. The third-order valence-corrected chi connectivity index (χ3v) is 8.25. The van der Waals surface area contributed by atoms with Crippen LogP contribution in [0.1, 0.15) is 51.2 Å². The van der Waals surface area contributed by atoms with Gasteiger partial charge in [-0.1, -0.05) is 56.6 Å². The minimum Gasteiger partial charge on any atom is -0.385 e. The molecule has 0 amide bonds. The Kier molecular flexibility index (Phi) is 5.93. The zero-order valence-electron chi connectivity index (χ0n) is 16.7. The molecular formula is C22H28ClNO3S. The second-order valence-corrected chi connectivity index (χ2v) is 10.6. The van der Waals surface area contributed by atoms with E-state index >= 15 is 0 Å². The molecule has 28 heavy (non-hydrogen) atoms. The Hall–Kier alpha value is -1.40. The van der Waals surface area contributed by atoms with E-state index in [9.17, 15) is 13.5 Å². The van der Waals surface area contributed by atoms with Crippen molar-refractivity contribution in [1.82, 2.24) is 4.31 Å². The van der Waals surface area contributed by atoms with Crippen molar-refractivity contribution in [2.75, 3.05) is 13.1 Å². The summed E-state index contributed by atoms with van der Waals surface area (Å²) in [4.78, 5) is 0.306. The number of halogens is 1. The quantitative estimate of drug-likeness (QED) is 0.761. The number of rotatable bonds is 5. The largest absolute Gasteiger partial charge is 0.385 e. The fraction of sp³-hybridized carbons (Fsp3) is 0.455. The van der Waals surface area contributed by atoms with E-state index < -0.39 is 15.6 Å². The molecule has 1 fully saturated rings. The monoisotopic (exact) mass is 421 g/mol. The van der Waals surface area contributed by atoms with Gasteiger partial charge in [-0.25, -0.2) is 8.42 Å². The van der Waals surface area contributed by atoms with Crippen LogP contribution < -0.4 is 0 Å². The molecule has 0 radical (unpaired) electrons. The molecule has 3 rings (SSSR count). The van der Waals surface area contributed by atoms with Gasteiger partial charge in [0.2, 0.25) is 10.0 Å². The summed E-state index contributed by atoms with van der Waals surface area (Å²) in [5, 5.41) is 11.6. The van der Waals surface area contributed by atoms with Crippen molar-refractivity contribution in [3.05, 3.63) is 64.7 Å². The Bertz CT molecular complexity index is 913. The third-order valence-electron chi connectivity index (χ3n) is 6.09. The Labute approximate surface area is 173 Å². The van der Waals surface area contributed by atoms with E-state index in [4.69, 9.17) is 11.6 Å². The van der Waals surface area contributed by atoms with Crippen LogP contribution in [0.5, 0.6) is 0 Å². The normalized spacial score (nSPS) is 18.2. The van der Waals surface area contributed by atoms with Crippen LogP contribution in [0.3, 0.4) is 0 Å². The summed E-state index contributed by atoms with van der Waals surface area (Å²) in [6.07, 6.45) is 1.69. The lowest BCUT2D eigenvalue weighted by atomic mass is 9.82. The van der Waals surface area contributed by atoms with E-state index in [0.29, 0.717) is 22.8 Å². The number of aliphatic hydroxyl groups is 1. The molecule has 0 unspecified atom stereocenters. The highest BCUT2D eigenvalue weighted by Gasteiger charge is 2.38. The maximum absolute atomic E-state index is 13.0. The minimum absolute atomic E-state index is 0.0164. The molecule has 1 aliphatic rings. The lowest BCUT2D eigenvalue weighted by molar-refractivity contribution is -0.00961. The van der Waals surface area contributed by atoms with Crippen LogP contribution in [0, 0.1) is 0 Å². The van der Waals surface area contributed by atoms with E-state index in [1.807, 2.05) is 12.1 Å². The van der Waals surface area contributed by atoms with Gasteiger partial charge in [-0.05, 0) is 60.1 Å². The first-order valence-electron chi connectivity index (χ1n) is 9.68. The summed E-state index contributed by atoms with van der Waals surface area (Å²) in [6.45, 7) is 6.99. The summed E-state index contributed by atoms with van der Waals surface area (Å²) in [7, 11) is -3.57. The van der Waals surface area contributed by atoms with Crippen molar-refractivity contribution in [2.45, 2.75) is 55.9 Å². The number of benzene rings is 2. The smallest absolute Gasteiger partial charge is 0.243 e. The van der Waals surface area contributed by atoms with Gasteiger partial charge in [0, 0.05) is 18.1 Å². The summed E-state index contributed by atoms with van der Waals surface area (Å²) in [5.74, 6) is 0. The van der Waals surface area contributed by atoms with E-state index in [2.05, 4.69) is 20.8 Å². The number of hydrogen-bond acceptors (Lipinski definition) is 3. The lowest BCUT2D eigenvalue weighted by Gasteiger charge is -2.38. The zero-order valence-corrected chi connectivity index (χ0v) is 18.2. The molecule has 0 spiro atoms. The van der Waals surface area contributed by atoms with Gasteiger partial charge in [0.1, 0.15) is 0 Å². The number of nitrogens with zero attached hydrogens (tertiary/aromatic N) is 1. The van der Waals surface area contributed by atoms with Gasteiger partial charge in [0.05, 0.1) is 10.5 Å². The molecule has 4 nitrogen and oxygen atoms in total. The predicted molar refractivity (Wildman–Crippen MR) is 113 cm³/mol. The fourth-order valence-corrected chi connectivity index (χ4v) is 5.14. The Morgan fingerprint density at radius 2 is 1.57 bits per heavy atom. The first-order chi connectivity index (χ1) is 13.1. The standard InChI is InChI=1S/C22H28ClNO3S/c1-4-21(2,3)17-7-11-20(12-8-17)28(26,27)24-15-13-22(25,14-16-24)18-5-9-19(23)10-6-18/h5-12,25H,4,13-16H2,1-3H3. The lowest BCUT2D eigenvalue weighted by Crippen LogP contribution is -2.45. The zero-order chi connectivity index (χ0) is 20.6. The Morgan fingerprint density at radius 1 is 1.04 bits per heavy atom. The highest BCUT2D eigenvalue weighted by Crippen LogP contribution is 2.35. The van der Waals surface area contributed by atoms with Gasteiger partial charge in [0.15, 0.2) is 0 Å². The highest BCUT2D eigenvalue weighted by molar-refractivity contribution is 7.89. The highest BCUT2D eigenvalue weighted by atomic mass is 35.5. The van der Waals surface area contributed by atoms with Crippen LogP contribution in [0.15, 0.2) is 53.4 Å². The fourth-order valence-electron chi connectivity index (χ4n) is 3.58. The predicted octanol–water partition coefficient (Wildman–Crippen LogP) is 4.70. The first-order valence-corrected chi connectivity index (χ1v) is 11.5. The molecule has 2 aromatic rings. The SMILES string of the molecule is CCC(C)(C)c1ccc(S(=O)(=O)N2CCC(O)(c3ccc(Cl)cc3)CC2)cc1. The molecule has 2 aromatic carbocycles. The summed E-state index contributed by atoms with van der Waals surface area (Å²) >= 11 is 5.93. The van der Waals surface area contributed by atoms with Crippen molar-refractivity contribution in [2.24, 2.45) is 0 Å². The van der Waals surface area contributed by atoms with E-state index in [1.54, 1.807) is 36.4 Å². The number of sulfonamides is 1. The van der Waals surface area contributed by atoms with E-state index in [1.165, 1.54) is 4.31 Å². The van der Waals surface area contributed by atoms with Gasteiger partial charge in [-0.3, -0.25) is 0 Å². The maximum atomic E-state index is 13.0. The summed E-state index contributed by atoms with van der Waals surface area (Å²) < 4.78 is 27.5. The van der Waals surface area contributed by atoms with Gasteiger partial charge in [-0.15, -0.1) is 0 Å². The van der Waals surface area contributed by atoms with E-state index in [0.717, 1.165) is 17.5 Å². The second-order valence-electron chi connectivity index (χ2n) is 8.20. The Balaban J connectivity index is 1.75. The average Bonchev–Trinajstić information content (AvgIpc) is 2.69. The molecule has 0 aliphatic carbocycles. The van der Waals surface area contributed by atoms with Crippen LogP contribution in [-0.4, -0.2) is 30.9 Å². The summed E-state index contributed by atoms with van der Waals surface area (Å²) in [5.41, 5.74) is 0.901. The van der Waals surface area contributed by atoms with Crippen molar-refractivity contribution < 1.29 is 13.5 Å². The number of hydrogen-bond donors (Lipinski definition) is 1. The summed E-state index contributed by atoms with van der Waals surface area (Å²) in [6, 6.07) is 14.3. The van der Waals surface area contributed by atoms with Crippen LogP contribution in [-0.2, 0) is 21.0 Å². The van der Waals surface area contributed by atoms with Crippen LogP contribution in [0.4, 0.5) is 0 Å². The van der Waals surface area contributed by atoms with Crippen molar-refractivity contribution in [1.29, 1.82) is 0 Å². The molecule has 1 aliphatic heterocycles. The third kappa shape index (κ3) is 4.13. The molecule has 0 atom stereocenters. The van der Waals surface area contributed by atoms with Crippen LogP contribution in [0.25, 0.3) is 0 Å². The molecule has 0 aromatic heterocycles. The van der Waals surface area contributed by atoms with Gasteiger partial charge < -0.3 is 5.11 Å². The van der Waals surface area contributed by atoms with Crippen LogP contribution >= 0.6 is 11.6 Å². The van der Waals surface area contributed by atoms with Gasteiger partial charge in [-0.2, -0.15) is 4.31 Å². The molecule has 0 bridgehead atoms. The van der Waals surface area contributed by atoms with Gasteiger partial charge in [0.25, 0.3) is 0 Å². The molecular weight excluding hydrogens is 394 g/mol. The second kappa shape index (κ2) is 7.79. The van der Waals surface area contributed by atoms with Crippen molar-refractivity contribution in [3.63, 3.8) is 0 Å². The first kappa shape index (κ1) is 21.3. The maximum Gasteiger partial charge on any atom is 0.243 e. The van der Waals surface area contributed by atoms with Crippen LogP contribution in [0.2, 0.25) is 5.02 Å². The Morgan fingerprint density at radius 3 is 2.07 bits per heavy atom. The van der Waals surface area contributed by atoms with E-state index in [-0.39, 0.29) is 18.5 Å². The topological polar surface area (TPSA) is 57.6 Å². The molecule has 6 heteroatoms. The average molecular weight is 422 g/mol. The molecule has 1 N–H and O–H groups in total. The molecule has 152 valence electrons. The number of piperidine rings is 1.